The van der Waals surface area contributed by atoms with Crippen LogP contribution in [0.25, 0.3) is 0 Å². The third-order valence-corrected chi connectivity index (χ3v) is 8.80. The van der Waals surface area contributed by atoms with Gasteiger partial charge in [-0.15, -0.1) is 0 Å². The van der Waals surface area contributed by atoms with Crippen molar-refractivity contribution in [2.75, 3.05) is 10.8 Å². The summed E-state index contributed by atoms with van der Waals surface area (Å²) in [5.74, 6) is -0.781. The van der Waals surface area contributed by atoms with E-state index in [1.807, 2.05) is 58.0 Å². The van der Waals surface area contributed by atoms with Gasteiger partial charge < -0.3 is 10.2 Å². The molecule has 0 spiro atoms. The van der Waals surface area contributed by atoms with E-state index in [0.717, 1.165) is 31.9 Å². The van der Waals surface area contributed by atoms with Gasteiger partial charge in [0.1, 0.15) is 12.6 Å². The number of hydrogen-bond donors (Lipinski definition) is 1. The van der Waals surface area contributed by atoms with E-state index >= 15 is 0 Å². The first-order valence-corrected chi connectivity index (χ1v) is 15.2. The van der Waals surface area contributed by atoms with E-state index in [-0.39, 0.29) is 23.4 Å². The van der Waals surface area contributed by atoms with Gasteiger partial charge >= 0.3 is 0 Å². The number of sulfonamides is 1. The molecule has 7 nitrogen and oxygen atoms in total. The highest BCUT2D eigenvalue weighted by Crippen LogP contribution is 2.27. The van der Waals surface area contributed by atoms with Crippen molar-refractivity contribution in [3.05, 3.63) is 94.0 Å². The van der Waals surface area contributed by atoms with Gasteiger partial charge in [0.2, 0.25) is 11.8 Å². The zero-order valence-electron chi connectivity index (χ0n) is 23.0. The predicted octanol–water partition coefficient (Wildman–Crippen LogP) is 5.59. The summed E-state index contributed by atoms with van der Waals surface area (Å²) < 4.78 is 29.7. The summed E-state index contributed by atoms with van der Waals surface area (Å²) in [5.41, 5.74) is 2.95. The minimum absolute atomic E-state index is 0.0620. The zero-order chi connectivity index (χ0) is 28.7. The molecule has 0 aromatic heterocycles. The summed E-state index contributed by atoms with van der Waals surface area (Å²) in [6.45, 7) is 8.98. The largest absolute Gasteiger partial charge is 0.352 e. The quantitative estimate of drug-likeness (QED) is 0.305. The minimum atomic E-state index is -4.09. The van der Waals surface area contributed by atoms with E-state index in [9.17, 15) is 18.0 Å². The lowest BCUT2D eigenvalue weighted by molar-refractivity contribution is -0.139. The molecule has 0 aliphatic carbocycles. The molecule has 0 fully saturated rings. The summed E-state index contributed by atoms with van der Waals surface area (Å²) in [6, 6.07) is 20.1. The van der Waals surface area contributed by atoms with Crippen LogP contribution in [-0.2, 0) is 26.2 Å². The monoisotopic (exact) mass is 613 g/mol. The molecule has 39 heavy (non-hydrogen) atoms. The fourth-order valence-corrected chi connectivity index (χ4v) is 6.09. The van der Waals surface area contributed by atoms with Crippen molar-refractivity contribution >= 4 is 43.5 Å². The second kappa shape index (κ2) is 13.3. The number of nitrogens with one attached hydrogen (secondary N) is 1. The molecule has 0 saturated carbocycles. The predicted molar refractivity (Wildman–Crippen MR) is 159 cm³/mol. The molecular formula is C30H36BrN3O4S. The van der Waals surface area contributed by atoms with Crippen LogP contribution in [0.1, 0.15) is 43.9 Å². The molecule has 0 aliphatic rings. The number of rotatable bonds is 11. The molecule has 208 valence electrons. The molecule has 1 N–H and O–H groups in total. The smallest absolute Gasteiger partial charge is 0.264 e. The number of nitrogens with zero attached hydrogens (tertiary/aromatic N) is 2. The Bertz CT molecular complexity index is 1390. The van der Waals surface area contributed by atoms with E-state index in [1.165, 1.54) is 17.0 Å². The van der Waals surface area contributed by atoms with Gasteiger partial charge in [-0.05, 0) is 87.2 Å². The van der Waals surface area contributed by atoms with Crippen LogP contribution < -0.4 is 9.62 Å². The van der Waals surface area contributed by atoms with Gasteiger partial charge in [-0.1, -0.05) is 59.3 Å². The van der Waals surface area contributed by atoms with Crippen LogP contribution in [-0.4, -0.2) is 43.8 Å². The standard InChI is InChI=1S/C30H36BrN3O4S/c1-6-23(4)32-30(36)24(5)33(19-25-11-10-12-26(31)18-25)29(35)20-34(27-16-21(2)15-22(3)17-27)39(37,38)28-13-8-7-9-14-28/h7-18,23-24H,6,19-20H2,1-5H3,(H,32,36). The molecule has 3 aromatic rings. The fourth-order valence-electron chi connectivity index (χ4n) is 4.22. The number of benzene rings is 3. The Labute approximate surface area is 240 Å². The maximum Gasteiger partial charge on any atom is 0.264 e. The van der Waals surface area contributed by atoms with E-state index in [4.69, 9.17) is 0 Å². The summed E-state index contributed by atoms with van der Waals surface area (Å²) in [4.78, 5) is 28.6. The maximum atomic E-state index is 14.0. The van der Waals surface area contributed by atoms with Crippen molar-refractivity contribution in [2.24, 2.45) is 0 Å². The first kappa shape index (κ1) is 30.4. The van der Waals surface area contributed by atoms with E-state index in [2.05, 4.69) is 21.2 Å². The van der Waals surface area contributed by atoms with Crippen molar-refractivity contribution in [1.29, 1.82) is 0 Å². The van der Waals surface area contributed by atoms with E-state index in [0.29, 0.717) is 5.69 Å². The van der Waals surface area contributed by atoms with Gasteiger partial charge in [0.15, 0.2) is 0 Å². The van der Waals surface area contributed by atoms with Gasteiger partial charge in [-0.25, -0.2) is 8.42 Å². The van der Waals surface area contributed by atoms with Crippen molar-refractivity contribution in [1.82, 2.24) is 10.2 Å². The first-order valence-electron chi connectivity index (χ1n) is 12.9. The highest BCUT2D eigenvalue weighted by Gasteiger charge is 2.33. The van der Waals surface area contributed by atoms with Gasteiger partial charge in [-0.2, -0.15) is 0 Å². The Hall–Kier alpha value is -3.17. The normalized spacial score (nSPS) is 12.9. The average Bonchev–Trinajstić information content (AvgIpc) is 2.89. The summed E-state index contributed by atoms with van der Waals surface area (Å²) in [5, 5.41) is 2.94. The second-order valence-electron chi connectivity index (χ2n) is 9.82. The lowest BCUT2D eigenvalue weighted by atomic mass is 10.1. The molecule has 2 amide bonds. The summed E-state index contributed by atoms with van der Waals surface area (Å²) >= 11 is 3.46. The van der Waals surface area contributed by atoms with Crippen molar-refractivity contribution in [3.63, 3.8) is 0 Å². The topological polar surface area (TPSA) is 86.8 Å². The number of aryl methyl sites for hydroxylation is 2. The Balaban J connectivity index is 2.05. The van der Waals surface area contributed by atoms with Crippen molar-refractivity contribution < 1.29 is 18.0 Å². The van der Waals surface area contributed by atoms with Crippen LogP contribution >= 0.6 is 15.9 Å². The van der Waals surface area contributed by atoms with Gasteiger partial charge in [0.05, 0.1) is 10.6 Å². The van der Waals surface area contributed by atoms with Gasteiger partial charge in [-0.3, -0.25) is 13.9 Å². The molecular weight excluding hydrogens is 578 g/mol. The molecule has 0 bridgehead atoms. The number of carbonyl (C=O) groups is 2. The molecule has 3 rings (SSSR count). The molecule has 2 atom stereocenters. The number of anilines is 1. The molecule has 0 saturated heterocycles. The number of carbonyl (C=O) groups excluding carboxylic acids is 2. The first-order chi connectivity index (χ1) is 18.4. The lowest BCUT2D eigenvalue weighted by Crippen LogP contribution is -2.52. The summed E-state index contributed by atoms with van der Waals surface area (Å²) in [6.07, 6.45) is 0.744. The van der Waals surface area contributed by atoms with Crippen molar-refractivity contribution in [2.45, 2.75) is 64.6 Å². The average molecular weight is 615 g/mol. The van der Waals surface area contributed by atoms with Gasteiger partial charge in [0.25, 0.3) is 10.0 Å². The van der Waals surface area contributed by atoms with E-state index < -0.39 is 28.5 Å². The number of hydrogen-bond acceptors (Lipinski definition) is 4. The SMILES string of the molecule is CCC(C)NC(=O)C(C)N(Cc1cccc(Br)c1)C(=O)CN(c1cc(C)cc(C)c1)S(=O)(=O)c1ccccc1. The molecule has 9 heteroatoms. The fraction of sp³-hybridized carbons (Fsp3) is 0.333. The minimum Gasteiger partial charge on any atom is -0.352 e. The van der Waals surface area contributed by atoms with Crippen LogP contribution in [0, 0.1) is 13.8 Å². The van der Waals surface area contributed by atoms with Crippen LogP contribution in [0.2, 0.25) is 0 Å². The van der Waals surface area contributed by atoms with Crippen LogP contribution in [0.3, 0.4) is 0 Å². The molecule has 0 radical (unpaired) electrons. The Morgan fingerprint density at radius 2 is 1.56 bits per heavy atom. The Morgan fingerprint density at radius 1 is 0.923 bits per heavy atom. The Morgan fingerprint density at radius 3 is 2.15 bits per heavy atom. The van der Waals surface area contributed by atoms with Crippen LogP contribution in [0.4, 0.5) is 5.69 Å². The van der Waals surface area contributed by atoms with Crippen LogP contribution in [0.5, 0.6) is 0 Å². The highest BCUT2D eigenvalue weighted by molar-refractivity contribution is 9.10. The molecule has 2 unspecified atom stereocenters. The maximum absolute atomic E-state index is 14.0. The van der Waals surface area contributed by atoms with Crippen LogP contribution in [0.15, 0.2) is 82.2 Å². The lowest BCUT2D eigenvalue weighted by Gasteiger charge is -2.32. The molecule has 3 aromatic carbocycles. The molecule has 0 heterocycles. The zero-order valence-corrected chi connectivity index (χ0v) is 25.4. The number of amides is 2. The third kappa shape index (κ3) is 7.92. The third-order valence-electron chi connectivity index (χ3n) is 6.51. The summed E-state index contributed by atoms with van der Waals surface area (Å²) in [7, 11) is -4.09. The second-order valence-corrected chi connectivity index (χ2v) is 12.6. The highest BCUT2D eigenvalue weighted by atomic mass is 79.9. The Kier molecular flexibility index (Phi) is 10.3. The van der Waals surface area contributed by atoms with Gasteiger partial charge in [0, 0.05) is 17.1 Å². The number of halogens is 1. The van der Waals surface area contributed by atoms with Crippen molar-refractivity contribution in [3.8, 4) is 0 Å². The van der Waals surface area contributed by atoms with E-state index in [1.54, 1.807) is 37.3 Å². The molecule has 0 aliphatic heterocycles.